The van der Waals surface area contributed by atoms with Crippen molar-refractivity contribution in [3.63, 3.8) is 0 Å². The molecule has 8 heteroatoms. The number of allylic oxidation sites excluding steroid dienone is 1. The summed E-state index contributed by atoms with van der Waals surface area (Å²) in [7, 11) is 4.51. The van der Waals surface area contributed by atoms with E-state index >= 15 is 0 Å². The smallest absolute Gasteiger partial charge is 0.444 e. The van der Waals surface area contributed by atoms with Crippen molar-refractivity contribution in [1.29, 1.82) is 0 Å². The lowest BCUT2D eigenvalue weighted by atomic mass is 9.87. The molecule has 0 radical (unpaired) electrons. The van der Waals surface area contributed by atoms with Gasteiger partial charge >= 0.3 is 6.09 Å². The van der Waals surface area contributed by atoms with Crippen LogP contribution in [0.3, 0.4) is 0 Å². The molecule has 5 nitrogen and oxygen atoms in total. The molecular weight excluding hydrogens is 376 g/mol. The largest absolute Gasteiger partial charge is 0.495 e. The van der Waals surface area contributed by atoms with E-state index in [2.05, 4.69) is 50.5 Å². The summed E-state index contributed by atoms with van der Waals surface area (Å²) in [6.45, 7) is 9.09. The number of hydrogen-bond acceptors (Lipinski definition) is 7. The number of hydroxylamine groups is 1. The van der Waals surface area contributed by atoms with Crippen LogP contribution in [0.2, 0.25) is 0 Å². The molecule has 0 aromatic heterocycles. The monoisotopic (exact) mass is 400 g/mol. The molecule has 0 saturated heterocycles. The summed E-state index contributed by atoms with van der Waals surface area (Å²) in [4.78, 5) is 18.2. The normalized spacial score (nSPS) is 14.8. The molecule has 0 aliphatic carbocycles. The molecular formula is C17H24N2O3S3. The highest BCUT2D eigenvalue weighted by Gasteiger charge is 2.17. The minimum absolute atomic E-state index is 0.135. The third-order valence-corrected chi connectivity index (χ3v) is 6.84. The molecule has 2 rings (SSSR count). The Morgan fingerprint density at radius 2 is 2.00 bits per heavy atom. The van der Waals surface area contributed by atoms with Gasteiger partial charge in [0.15, 0.2) is 0 Å². The summed E-state index contributed by atoms with van der Waals surface area (Å²) in [5, 5.41) is 0.739. The number of nitrogens with one attached hydrogen (secondary N) is 1. The van der Waals surface area contributed by atoms with E-state index in [1.165, 1.54) is 31.6 Å². The highest BCUT2D eigenvalue weighted by Crippen LogP contribution is 2.34. The maximum atomic E-state index is 12.0. The average molecular weight is 401 g/mol. The van der Waals surface area contributed by atoms with E-state index in [0.29, 0.717) is 6.61 Å². The van der Waals surface area contributed by atoms with Gasteiger partial charge in [0.05, 0.1) is 6.61 Å². The highest BCUT2D eigenvalue weighted by atomic mass is 33.1. The van der Waals surface area contributed by atoms with Crippen molar-refractivity contribution >= 4 is 39.6 Å². The molecule has 25 heavy (non-hydrogen) atoms. The van der Waals surface area contributed by atoms with Gasteiger partial charge in [-0.15, -0.1) is 0 Å². The zero-order valence-corrected chi connectivity index (χ0v) is 17.6. The SMILES string of the molecule is CC1=C(NOC(=O)N(C)SSc2ccc(C(C)(C)C)cc2)SCCO1. The lowest BCUT2D eigenvalue weighted by molar-refractivity contribution is 0.0932. The molecule has 138 valence electrons. The highest BCUT2D eigenvalue weighted by molar-refractivity contribution is 8.75. The van der Waals surface area contributed by atoms with Crippen LogP contribution in [0.4, 0.5) is 4.79 Å². The van der Waals surface area contributed by atoms with Crippen molar-refractivity contribution in [2.24, 2.45) is 0 Å². The second-order valence-corrected chi connectivity index (χ2v) is 9.87. The Balaban J connectivity index is 1.79. The van der Waals surface area contributed by atoms with Crippen LogP contribution >= 0.6 is 33.5 Å². The van der Waals surface area contributed by atoms with Crippen LogP contribution in [0.1, 0.15) is 33.3 Å². The molecule has 0 bridgehead atoms. The van der Waals surface area contributed by atoms with Gasteiger partial charge in [-0.25, -0.2) is 14.6 Å². The van der Waals surface area contributed by atoms with Crippen molar-refractivity contribution in [1.82, 2.24) is 9.79 Å². The van der Waals surface area contributed by atoms with E-state index in [4.69, 9.17) is 9.57 Å². The predicted molar refractivity (Wildman–Crippen MR) is 107 cm³/mol. The molecule has 1 amide bonds. The van der Waals surface area contributed by atoms with Crippen molar-refractivity contribution in [3.05, 3.63) is 40.6 Å². The summed E-state index contributed by atoms with van der Waals surface area (Å²) in [5.74, 6) is 1.58. The number of ether oxygens (including phenoxy) is 1. The maximum Gasteiger partial charge on any atom is 0.444 e. The van der Waals surface area contributed by atoms with Gasteiger partial charge in [0.1, 0.15) is 10.8 Å². The third-order valence-electron chi connectivity index (χ3n) is 3.42. The molecule has 0 saturated carbocycles. The van der Waals surface area contributed by atoms with Crippen LogP contribution in [0.25, 0.3) is 0 Å². The molecule has 1 aromatic rings. The van der Waals surface area contributed by atoms with Gasteiger partial charge < -0.3 is 9.57 Å². The van der Waals surface area contributed by atoms with Gasteiger partial charge in [-0.05, 0) is 40.8 Å². The number of nitrogens with zero attached hydrogens (tertiary/aromatic N) is 1. The molecule has 1 heterocycles. The van der Waals surface area contributed by atoms with Crippen molar-refractivity contribution < 1.29 is 14.4 Å². The molecule has 0 spiro atoms. The third kappa shape index (κ3) is 6.27. The quantitative estimate of drug-likeness (QED) is 0.416. The first-order valence-corrected chi connectivity index (χ1v) is 11.0. The molecule has 1 N–H and O–H groups in total. The van der Waals surface area contributed by atoms with Gasteiger partial charge in [-0.3, -0.25) is 0 Å². The second-order valence-electron chi connectivity index (χ2n) is 6.48. The molecule has 0 fully saturated rings. The van der Waals surface area contributed by atoms with Gasteiger partial charge in [0, 0.05) is 28.7 Å². The fraction of sp³-hybridized carbons (Fsp3) is 0.471. The van der Waals surface area contributed by atoms with Crippen LogP contribution in [-0.4, -0.2) is 29.8 Å². The first-order chi connectivity index (χ1) is 11.8. The number of benzene rings is 1. The van der Waals surface area contributed by atoms with Crippen LogP contribution < -0.4 is 5.48 Å². The number of amides is 1. The van der Waals surface area contributed by atoms with Crippen LogP contribution in [0, 0.1) is 0 Å². The fourth-order valence-corrected chi connectivity index (χ4v) is 4.29. The van der Waals surface area contributed by atoms with Crippen molar-refractivity contribution in [2.45, 2.75) is 38.0 Å². The van der Waals surface area contributed by atoms with Crippen molar-refractivity contribution in [3.8, 4) is 0 Å². The van der Waals surface area contributed by atoms with Gasteiger partial charge in [-0.2, -0.15) is 0 Å². The van der Waals surface area contributed by atoms with Crippen LogP contribution in [0.5, 0.6) is 0 Å². The molecule has 1 aliphatic rings. The summed E-state index contributed by atoms with van der Waals surface area (Å²) in [6.07, 6.45) is -0.463. The molecule has 0 unspecified atom stereocenters. The zero-order chi connectivity index (χ0) is 18.4. The first kappa shape index (κ1) is 20.2. The summed E-state index contributed by atoms with van der Waals surface area (Å²) < 4.78 is 6.85. The standard InChI is InChI=1S/C17H24N2O3S3/c1-12-15(23-11-10-21-12)18-22-16(20)19(5)25-24-14-8-6-13(7-9-14)17(2,3)4/h6-9,18H,10-11H2,1-5H3. The molecule has 1 aliphatic heterocycles. The van der Waals surface area contributed by atoms with E-state index in [-0.39, 0.29) is 5.41 Å². The Bertz CT molecular complexity index is 627. The number of hydrogen-bond donors (Lipinski definition) is 1. The Labute approximate surface area is 161 Å². The lowest BCUT2D eigenvalue weighted by Crippen LogP contribution is -2.28. The van der Waals surface area contributed by atoms with E-state index in [1.807, 2.05) is 6.92 Å². The topological polar surface area (TPSA) is 50.8 Å². The predicted octanol–water partition coefficient (Wildman–Crippen LogP) is 5.16. The minimum Gasteiger partial charge on any atom is -0.495 e. The number of rotatable bonds is 5. The van der Waals surface area contributed by atoms with Gasteiger partial charge in [0.25, 0.3) is 0 Å². The number of thioether (sulfide) groups is 1. The lowest BCUT2D eigenvalue weighted by Gasteiger charge is -2.20. The minimum atomic E-state index is -0.463. The van der Waals surface area contributed by atoms with Gasteiger partial charge in [0.2, 0.25) is 0 Å². The van der Waals surface area contributed by atoms with E-state index < -0.39 is 6.09 Å². The van der Waals surface area contributed by atoms with Gasteiger partial charge in [-0.1, -0.05) is 44.7 Å². The number of carbonyl (C=O) groups is 1. The van der Waals surface area contributed by atoms with E-state index in [0.717, 1.165) is 21.4 Å². The fourth-order valence-electron chi connectivity index (χ4n) is 1.90. The average Bonchev–Trinajstić information content (AvgIpc) is 2.58. The molecule has 0 atom stereocenters. The Hall–Kier alpha value is -1.12. The van der Waals surface area contributed by atoms with E-state index in [1.54, 1.807) is 18.8 Å². The van der Waals surface area contributed by atoms with Crippen LogP contribution in [-0.2, 0) is 15.0 Å². The first-order valence-electron chi connectivity index (χ1n) is 7.89. The maximum absolute atomic E-state index is 12.0. The second kappa shape index (κ2) is 9.00. The zero-order valence-electron chi connectivity index (χ0n) is 15.1. The van der Waals surface area contributed by atoms with Crippen molar-refractivity contribution in [2.75, 3.05) is 19.4 Å². The van der Waals surface area contributed by atoms with Crippen LogP contribution in [0.15, 0.2) is 39.9 Å². The Morgan fingerprint density at radius 3 is 2.60 bits per heavy atom. The van der Waals surface area contributed by atoms with E-state index in [9.17, 15) is 4.79 Å². The summed E-state index contributed by atoms with van der Waals surface area (Å²) in [5.41, 5.74) is 4.10. The molecule has 1 aromatic carbocycles. The summed E-state index contributed by atoms with van der Waals surface area (Å²) in [6, 6.07) is 8.39. The Kier molecular flexibility index (Phi) is 7.27. The number of carbonyl (C=O) groups excluding carboxylic acids is 1. The summed E-state index contributed by atoms with van der Waals surface area (Å²) >= 11 is 1.57. The Morgan fingerprint density at radius 1 is 1.32 bits per heavy atom.